The highest BCUT2D eigenvalue weighted by Crippen LogP contribution is 2.24. The van der Waals surface area contributed by atoms with Crippen molar-refractivity contribution in [2.24, 2.45) is 0 Å². The predicted molar refractivity (Wildman–Crippen MR) is 83.1 cm³/mol. The minimum Gasteiger partial charge on any atom is -0.326 e. The molecule has 0 saturated carbocycles. The van der Waals surface area contributed by atoms with Crippen molar-refractivity contribution in [2.45, 2.75) is 18.7 Å². The van der Waals surface area contributed by atoms with Crippen molar-refractivity contribution in [1.82, 2.24) is 9.97 Å². The third-order valence-corrected chi connectivity index (χ3v) is 4.81. The van der Waals surface area contributed by atoms with Crippen LogP contribution in [0.5, 0.6) is 0 Å². The Morgan fingerprint density at radius 1 is 1.27 bits per heavy atom. The lowest BCUT2D eigenvalue weighted by Crippen LogP contribution is -2.27. The Morgan fingerprint density at radius 3 is 2.59 bits per heavy atom. The molecule has 0 radical (unpaired) electrons. The Morgan fingerprint density at radius 2 is 2.00 bits per heavy atom. The normalized spacial score (nSPS) is 11.0. The molecule has 7 nitrogen and oxygen atoms in total. The van der Waals surface area contributed by atoms with Crippen LogP contribution in [0.15, 0.2) is 41.7 Å². The van der Waals surface area contributed by atoms with Gasteiger partial charge in [-0.2, -0.15) is 0 Å². The molecule has 1 aromatic heterocycles. The molecule has 0 aliphatic rings. The smallest absolute Gasteiger partial charge is 0.265 e. The molecular weight excluding hydrogens is 304 g/mol. The molecule has 22 heavy (non-hydrogen) atoms. The molecular formula is C14H16N4O3S. The second-order valence-electron chi connectivity index (χ2n) is 4.69. The minimum atomic E-state index is -3.79. The zero-order valence-corrected chi connectivity index (χ0v) is 13.3. The molecule has 116 valence electrons. The number of carbonyl (C=O) groups excluding carboxylic acids is 1. The number of sulfonamides is 1. The van der Waals surface area contributed by atoms with Crippen LogP contribution in [0, 0.1) is 6.92 Å². The summed E-state index contributed by atoms with van der Waals surface area (Å²) in [5.41, 5.74) is 1.23. The van der Waals surface area contributed by atoms with Gasteiger partial charge in [0.1, 0.15) is 0 Å². The lowest BCUT2D eigenvalue weighted by atomic mass is 10.2. The summed E-state index contributed by atoms with van der Waals surface area (Å²) < 4.78 is 26.3. The maximum atomic E-state index is 12.6. The van der Waals surface area contributed by atoms with Gasteiger partial charge in [-0.05, 0) is 24.6 Å². The lowest BCUT2D eigenvalue weighted by molar-refractivity contribution is -0.114. The Labute approximate surface area is 129 Å². The maximum absolute atomic E-state index is 12.6. The van der Waals surface area contributed by atoms with Crippen molar-refractivity contribution in [1.29, 1.82) is 0 Å². The van der Waals surface area contributed by atoms with E-state index < -0.39 is 10.0 Å². The zero-order valence-electron chi connectivity index (χ0n) is 12.4. The highest BCUT2D eigenvalue weighted by molar-refractivity contribution is 7.92. The van der Waals surface area contributed by atoms with E-state index in [0.29, 0.717) is 5.69 Å². The molecule has 0 aliphatic heterocycles. The number of amides is 1. The Bertz CT molecular complexity index is 791. The first kappa shape index (κ1) is 15.9. The van der Waals surface area contributed by atoms with E-state index in [0.717, 1.165) is 9.87 Å². The Balaban J connectivity index is 2.43. The highest BCUT2D eigenvalue weighted by atomic mass is 32.2. The van der Waals surface area contributed by atoms with Gasteiger partial charge in [0.2, 0.25) is 5.91 Å². The van der Waals surface area contributed by atoms with Crippen molar-refractivity contribution in [3.05, 3.63) is 42.4 Å². The monoisotopic (exact) mass is 320 g/mol. The van der Waals surface area contributed by atoms with E-state index in [1.807, 2.05) is 0 Å². The summed E-state index contributed by atoms with van der Waals surface area (Å²) in [6.45, 7) is 3.15. The van der Waals surface area contributed by atoms with Crippen LogP contribution in [0.4, 0.5) is 11.5 Å². The average molecular weight is 320 g/mol. The fourth-order valence-corrected chi connectivity index (χ4v) is 2.98. The van der Waals surface area contributed by atoms with Crippen LogP contribution in [0.25, 0.3) is 0 Å². The molecule has 0 unspecified atom stereocenters. The number of carbonyl (C=O) groups is 1. The van der Waals surface area contributed by atoms with Gasteiger partial charge in [-0.25, -0.2) is 13.4 Å². The largest absolute Gasteiger partial charge is 0.326 e. The summed E-state index contributed by atoms with van der Waals surface area (Å²) >= 11 is 0. The van der Waals surface area contributed by atoms with E-state index in [-0.39, 0.29) is 16.6 Å². The molecule has 0 atom stereocenters. The highest BCUT2D eigenvalue weighted by Gasteiger charge is 2.23. The summed E-state index contributed by atoms with van der Waals surface area (Å²) in [4.78, 5) is 19.1. The number of nitrogens with one attached hydrogen (secondary N) is 1. The van der Waals surface area contributed by atoms with Crippen molar-refractivity contribution in [2.75, 3.05) is 16.7 Å². The summed E-state index contributed by atoms with van der Waals surface area (Å²) in [7, 11) is -2.39. The van der Waals surface area contributed by atoms with E-state index >= 15 is 0 Å². The number of aryl methyl sites for hydroxylation is 1. The third-order valence-electron chi connectivity index (χ3n) is 3.05. The molecule has 0 spiro atoms. The summed E-state index contributed by atoms with van der Waals surface area (Å²) in [6.07, 6.45) is 4.24. The molecule has 8 heteroatoms. The van der Waals surface area contributed by atoms with E-state index in [1.165, 1.54) is 44.7 Å². The van der Waals surface area contributed by atoms with Crippen LogP contribution in [0.1, 0.15) is 12.5 Å². The van der Waals surface area contributed by atoms with Gasteiger partial charge >= 0.3 is 0 Å². The van der Waals surface area contributed by atoms with Gasteiger partial charge in [-0.3, -0.25) is 14.1 Å². The lowest BCUT2D eigenvalue weighted by Gasteiger charge is -2.18. The van der Waals surface area contributed by atoms with E-state index in [1.54, 1.807) is 13.0 Å². The van der Waals surface area contributed by atoms with Crippen LogP contribution in [-0.4, -0.2) is 31.3 Å². The van der Waals surface area contributed by atoms with Gasteiger partial charge in [-0.15, -0.1) is 0 Å². The molecule has 0 saturated heterocycles. The molecule has 0 fully saturated rings. The molecule has 2 aromatic rings. The second kappa shape index (κ2) is 6.10. The number of rotatable bonds is 4. The molecule has 1 aromatic carbocycles. The van der Waals surface area contributed by atoms with Gasteiger partial charge in [0, 0.05) is 32.1 Å². The van der Waals surface area contributed by atoms with Crippen molar-refractivity contribution < 1.29 is 13.2 Å². The Hall–Kier alpha value is -2.48. The fraction of sp³-hybridized carbons (Fsp3) is 0.214. The SMILES string of the molecule is CC(=O)Nc1cc(S(=O)(=O)N(C)c2cnccn2)ccc1C. The third kappa shape index (κ3) is 3.22. The minimum absolute atomic E-state index is 0.0648. The topological polar surface area (TPSA) is 92.3 Å². The zero-order chi connectivity index (χ0) is 16.3. The summed E-state index contributed by atoms with van der Waals surface area (Å²) in [5.74, 6) is -0.0518. The van der Waals surface area contributed by atoms with Gasteiger partial charge in [0.05, 0.1) is 11.1 Å². The number of hydrogen-bond donors (Lipinski definition) is 1. The summed E-state index contributed by atoms with van der Waals surface area (Å²) in [5, 5.41) is 2.61. The fourth-order valence-electron chi connectivity index (χ4n) is 1.82. The number of aromatic nitrogens is 2. The van der Waals surface area contributed by atoms with Gasteiger partial charge < -0.3 is 5.32 Å². The Kier molecular flexibility index (Phi) is 4.41. The summed E-state index contributed by atoms with van der Waals surface area (Å²) in [6, 6.07) is 4.56. The van der Waals surface area contributed by atoms with E-state index in [9.17, 15) is 13.2 Å². The molecule has 2 rings (SSSR count). The van der Waals surface area contributed by atoms with Crippen LogP contribution >= 0.6 is 0 Å². The van der Waals surface area contributed by atoms with Gasteiger partial charge in [0.15, 0.2) is 5.82 Å². The van der Waals surface area contributed by atoms with E-state index in [2.05, 4.69) is 15.3 Å². The number of hydrogen-bond acceptors (Lipinski definition) is 5. The van der Waals surface area contributed by atoms with Crippen LogP contribution in [0.3, 0.4) is 0 Å². The standard InChI is InChI=1S/C14H16N4O3S/c1-10-4-5-12(8-13(10)17-11(2)19)22(20,21)18(3)14-9-15-6-7-16-14/h4-9H,1-3H3,(H,17,19). The first-order chi connectivity index (χ1) is 10.3. The number of benzene rings is 1. The van der Waals surface area contributed by atoms with Crippen LogP contribution < -0.4 is 9.62 Å². The first-order valence-corrected chi connectivity index (χ1v) is 7.89. The quantitative estimate of drug-likeness (QED) is 0.923. The number of anilines is 2. The second-order valence-corrected chi connectivity index (χ2v) is 6.66. The molecule has 1 N–H and O–H groups in total. The van der Waals surface area contributed by atoms with Crippen molar-refractivity contribution >= 4 is 27.4 Å². The van der Waals surface area contributed by atoms with E-state index in [4.69, 9.17) is 0 Å². The van der Waals surface area contributed by atoms with Crippen molar-refractivity contribution in [3.8, 4) is 0 Å². The molecule has 0 bridgehead atoms. The van der Waals surface area contributed by atoms with Crippen LogP contribution in [0.2, 0.25) is 0 Å². The molecule has 1 heterocycles. The van der Waals surface area contributed by atoms with Crippen molar-refractivity contribution in [3.63, 3.8) is 0 Å². The molecule has 0 aliphatic carbocycles. The average Bonchev–Trinajstić information content (AvgIpc) is 2.49. The molecule has 1 amide bonds. The van der Waals surface area contributed by atoms with Crippen LogP contribution in [-0.2, 0) is 14.8 Å². The predicted octanol–water partition coefficient (Wildman–Crippen LogP) is 1.57. The van der Waals surface area contributed by atoms with Gasteiger partial charge in [0.25, 0.3) is 10.0 Å². The van der Waals surface area contributed by atoms with Gasteiger partial charge in [-0.1, -0.05) is 6.07 Å². The number of nitrogens with zero attached hydrogens (tertiary/aromatic N) is 3. The first-order valence-electron chi connectivity index (χ1n) is 6.45. The maximum Gasteiger partial charge on any atom is 0.265 e.